The lowest BCUT2D eigenvalue weighted by Crippen LogP contribution is -2.46. The lowest BCUT2D eigenvalue weighted by Gasteiger charge is -2.36. The summed E-state index contributed by atoms with van der Waals surface area (Å²) in [5.74, 6) is -0.647. The zero-order valence-electron chi connectivity index (χ0n) is 35.8. The van der Waals surface area contributed by atoms with Gasteiger partial charge in [-0.25, -0.2) is 17.9 Å². The summed E-state index contributed by atoms with van der Waals surface area (Å²) in [7, 11) is -4.61. The van der Waals surface area contributed by atoms with Crippen molar-refractivity contribution < 1.29 is 37.1 Å². The number of hydrogen-bond acceptors (Lipinski definition) is 12. The Labute approximate surface area is 377 Å². The fourth-order valence-electron chi connectivity index (χ4n) is 7.52. The highest BCUT2D eigenvalue weighted by atomic mass is 35.5. The second kappa shape index (κ2) is 20.1. The summed E-state index contributed by atoms with van der Waals surface area (Å²) in [4.78, 5) is 41.8. The number of rotatable bonds is 14. The Morgan fingerprint density at radius 1 is 0.906 bits per heavy atom. The van der Waals surface area contributed by atoms with E-state index in [4.69, 9.17) is 25.8 Å². The molecule has 0 spiro atoms. The van der Waals surface area contributed by atoms with Gasteiger partial charge in [0.25, 0.3) is 21.6 Å². The molecule has 0 radical (unpaired) electrons. The Kier molecular flexibility index (Phi) is 14.4. The van der Waals surface area contributed by atoms with Crippen LogP contribution in [0.25, 0.3) is 11.1 Å². The Balaban J connectivity index is 1.09. The lowest BCUT2D eigenvalue weighted by molar-refractivity contribution is -0.384. The molecule has 17 heteroatoms. The highest BCUT2D eigenvalue weighted by molar-refractivity contribution is 7.90. The van der Waals surface area contributed by atoms with Gasteiger partial charge >= 0.3 is 6.09 Å². The predicted octanol–water partition coefficient (Wildman–Crippen LogP) is 9.48. The number of nitro benzene ring substituents is 1. The van der Waals surface area contributed by atoms with Crippen LogP contribution >= 0.6 is 11.6 Å². The van der Waals surface area contributed by atoms with Crippen LogP contribution in [0.5, 0.6) is 11.5 Å². The van der Waals surface area contributed by atoms with E-state index in [0.717, 1.165) is 61.8 Å². The van der Waals surface area contributed by atoms with Crippen molar-refractivity contribution in [2.75, 3.05) is 54.9 Å². The lowest BCUT2D eigenvalue weighted by atomic mass is 9.99. The molecule has 336 valence electrons. The van der Waals surface area contributed by atoms with E-state index in [2.05, 4.69) is 37.3 Å². The molecule has 15 nitrogen and oxygen atoms in total. The van der Waals surface area contributed by atoms with Crippen molar-refractivity contribution in [2.24, 2.45) is 0 Å². The number of hydrogen-bond donors (Lipinski definition) is 3. The average Bonchev–Trinajstić information content (AvgIpc) is 3.26. The molecule has 5 aromatic rings. The number of nitro groups is 1. The maximum atomic E-state index is 13.9. The van der Waals surface area contributed by atoms with Crippen molar-refractivity contribution >= 4 is 56.4 Å². The molecule has 0 aromatic heterocycles. The third kappa shape index (κ3) is 12.1. The van der Waals surface area contributed by atoms with Crippen molar-refractivity contribution in [2.45, 2.75) is 63.2 Å². The first-order valence-electron chi connectivity index (χ1n) is 21.0. The molecular weight excluding hydrogens is 860 g/mol. The van der Waals surface area contributed by atoms with E-state index in [1.807, 2.05) is 36.4 Å². The molecule has 2 aliphatic rings. The Morgan fingerprint density at radius 2 is 1.64 bits per heavy atom. The van der Waals surface area contributed by atoms with Crippen molar-refractivity contribution in [3.8, 4) is 22.6 Å². The monoisotopic (exact) mass is 910 g/mol. The van der Waals surface area contributed by atoms with E-state index in [-0.39, 0.29) is 23.1 Å². The summed E-state index contributed by atoms with van der Waals surface area (Å²) in [6.45, 7) is 9.74. The van der Waals surface area contributed by atoms with Crippen molar-refractivity contribution in [1.29, 1.82) is 0 Å². The van der Waals surface area contributed by atoms with Gasteiger partial charge in [0.15, 0.2) is 0 Å². The van der Waals surface area contributed by atoms with E-state index in [1.54, 1.807) is 57.2 Å². The molecule has 0 bridgehead atoms. The quantitative estimate of drug-likeness (QED) is 0.0710. The Morgan fingerprint density at radius 3 is 2.33 bits per heavy atom. The number of carbonyl (C=O) groups is 2. The molecule has 2 amide bonds. The van der Waals surface area contributed by atoms with Crippen LogP contribution in [-0.4, -0.2) is 81.3 Å². The number of benzene rings is 5. The summed E-state index contributed by atoms with van der Waals surface area (Å²) in [5, 5.41) is 18.4. The van der Waals surface area contributed by atoms with Gasteiger partial charge in [-0.1, -0.05) is 48.0 Å². The number of ether oxygens (including phenoxy) is 3. The summed E-state index contributed by atoms with van der Waals surface area (Å²) in [5.41, 5.74) is 3.48. The number of carbonyl (C=O) groups excluding carboxylic acids is 2. The molecule has 0 aliphatic carbocycles. The summed E-state index contributed by atoms with van der Waals surface area (Å²) in [6.07, 6.45) is 1.99. The number of nitrogens with one attached hydrogen (secondary N) is 3. The highest BCUT2D eigenvalue weighted by Gasteiger charge is 2.27. The summed E-state index contributed by atoms with van der Waals surface area (Å²) >= 11 is 6.16. The fraction of sp³-hybridized carbons (Fsp3) is 0.319. The van der Waals surface area contributed by atoms with Gasteiger partial charge in [-0.05, 0) is 117 Å². The molecule has 2 saturated heterocycles. The smallest absolute Gasteiger partial charge is 0.412 e. The minimum absolute atomic E-state index is 0.0628. The maximum Gasteiger partial charge on any atom is 0.412 e. The molecule has 0 saturated carbocycles. The third-order valence-corrected chi connectivity index (χ3v) is 12.3. The van der Waals surface area contributed by atoms with Crippen molar-refractivity contribution in [3.63, 3.8) is 0 Å². The first-order chi connectivity index (χ1) is 30.6. The molecule has 1 atom stereocenters. The molecule has 2 fully saturated rings. The van der Waals surface area contributed by atoms with Gasteiger partial charge in [0.2, 0.25) is 0 Å². The normalized spacial score (nSPS) is 15.8. The van der Waals surface area contributed by atoms with Crippen LogP contribution in [0.4, 0.5) is 27.5 Å². The number of amides is 2. The summed E-state index contributed by atoms with van der Waals surface area (Å²) < 4.78 is 46.8. The number of piperazine rings is 1. The minimum atomic E-state index is -4.61. The van der Waals surface area contributed by atoms with Gasteiger partial charge in [0.1, 0.15) is 22.8 Å². The van der Waals surface area contributed by atoms with Crippen molar-refractivity contribution in [1.82, 2.24) is 9.62 Å². The van der Waals surface area contributed by atoms with Gasteiger partial charge in [-0.2, -0.15) is 0 Å². The molecule has 7 rings (SSSR count). The van der Waals surface area contributed by atoms with Gasteiger partial charge in [0, 0.05) is 74.4 Å². The SMILES string of the molecule is CC(C)(C)OC(=O)Nc1ccc(Oc2cc(N3CCN(Cc4ccccc4-c4ccc(Cl)cc4)CC3)ccc2C(=O)NS(=O)(=O)c2ccc(NCC3CCCCO3)c([N+](=O)[O-])c2)cc1. The van der Waals surface area contributed by atoms with Crippen LogP contribution in [0.2, 0.25) is 5.02 Å². The fourth-order valence-corrected chi connectivity index (χ4v) is 8.63. The zero-order valence-corrected chi connectivity index (χ0v) is 37.4. The van der Waals surface area contributed by atoms with E-state index >= 15 is 0 Å². The Bertz CT molecular complexity index is 2570. The highest BCUT2D eigenvalue weighted by Crippen LogP contribution is 2.34. The number of nitrogens with zero attached hydrogens (tertiary/aromatic N) is 3. The van der Waals surface area contributed by atoms with Gasteiger partial charge in [-0.3, -0.25) is 25.1 Å². The van der Waals surface area contributed by atoms with Crippen LogP contribution in [0.1, 0.15) is 56.0 Å². The first kappa shape index (κ1) is 45.8. The van der Waals surface area contributed by atoms with Gasteiger partial charge in [0.05, 0.1) is 21.5 Å². The average molecular weight is 911 g/mol. The van der Waals surface area contributed by atoms with Crippen molar-refractivity contribution in [3.05, 3.63) is 135 Å². The van der Waals surface area contributed by atoms with E-state index in [0.29, 0.717) is 42.7 Å². The van der Waals surface area contributed by atoms with E-state index < -0.39 is 43.1 Å². The molecule has 1 unspecified atom stereocenters. The molecule has 3 N–H and O–H groups in total. The summed E-state index contributed by atoms with van der Waals surface area (Å²) in [6, 6.07) is 30.8. The molecule has 5 aromatic carbocycles. The zero-order chi connectivity index (χ0) is 45.4. The minimum Gasteiger partial charge on any atom is -0.456 e. The number of sulfonamides is 1. The van der Waals surface area contributed by atoms with Crippen LogP contribution < -0.4 is 25.0 Å². The molecular formula is C47H51ClN6O9S. The second-order valence-corrected chi connectivity index (χ2v) is 18.7. The maximum absolute atomic E-state index is 13.9. The predicted molar refractivity (Wildman–Crippen MR) is 247 cm³/mol. The second-order valence-electron chi connectivity index (χ2n) is 16.6. The van der Waals surface area contributed by atoms with Crippen LogP contribution in [0, 0.1) is 10.1 Å². The van der Waals surface area contributed by atoms with E-state index in [1.165, 1.54) is 23.8 Å². The standard InChI is InChI=1S/C47H51ClN6O9S/c1-47(2,3)63-46(56)50-35-15-18-37(19-16-35)62-44-28-36(53-25-23-52(24-26-53)31-33-8-4-5-10-40(33)32-11-13-34(48)14-12-32)17-21-41(44)45(55)51-64(59,60)39-20-22-42(43(29-39)54(57)58)49-30-38-9-6-7-27-61-38/h4-5,8,10-22,28-29,38,49H,6-7,9,23-27,30-31H2,1-3H3,(H,50,56)(H,51,55). The number of halogens is 1. The van der Waals surface area contributed by atoms with Crippen LogP contribution in [-0.2, 0) is 26.0 Å². The molecule has 64 heavy (non-hydrogen) atoms. The molecule has 2 heterocycles. The Hall–Kier alpha value is -6.20. The van der Waals surface area contributed by atoms with Crippen LogP contribution in [0.3, 0.4) is 0 Å². The van der Waals surface area contributed by atoms with Gasteiger partial charge < -0.3 is 24.4 Å². The third-order valence-electron chi connectivity index (χ3n) is 10.7. The number of anilines is 3. The van der Waals surface area contributed by atoms with Gasteiger partial charge in [-0.15, -0.1) is 0 Å². The van der Waals surface area contributed by atoms with Crippen LogP contribution in [0.15, 0.2) is 114 Å². The molecule has 2 aliphatic heterocycles. The first-order valence-corrected chi connectivity index (χ1v) is 22.9. The van der Waals surface area contributed by atoms with E-state index in [9.17, 15) is 28.1 Å². The topological polar surface area (TPSA) is 182 Å². The largest absolute Gasteiger partial charge is 0.456 e.